The average Bonchev–Trinajstić information content (AvgIpc) is 2.61. The van der Waals surface area contributed by atoms with E-state index in [0.717, 1.165) is 18.5 Å². The van der Waals surface area contributed by atoms with Gasteiger partial charge in [0.1, 0.15) is 0 Å². The molecule has 0 radical (unpaired) electrons. The smallest absolute Gasteiger partial charge is 0.255 e. The van der Waals surface area contributed by atoms with Gasteiger partial charge in [-0.2, -0.15) is 0 Å². The molecule has 0 spiro atoms. The third-order valence-corrected chi connectivity index (χ3v) is 4.18. The molecule has 2 heterocycles. The highest BCUT2D eigenvalue weighted by Gasteiger charge is 2.25. The van der Waals surface area contributed by atoms with E-state index < -0.39 is 0 Å². The molecule has 1 atom stereocenters. The van der Waals surface area contributed by atoms with Crippen LogP contribution in [0.1, 0.15) is 28.0 Å². The van der Waals surface area contributed by atoms with Gasteiger partial charge in [0.05, 0.1) is 18.3 Å². The lowest BCUT2D eigenvalue weighted by Gasteiger charge is -2.33. The number of morpholine rings is 1. The first-order chi connectivity index (χ1) is 11.2. The fraction of sp³-hybridized carbons (Fsp3) is 0.368. The van der Waals surface area contributed by atoms with Crippen molar-refractivity contribution in [3.63, 3.8) is 0 Å². The van der Waals surface area contributed by atoms with Crippen LogP contribution >= 0.6 is 0 Å². The molecule has 4 nitrogen and oxygen atoms in total. The summed E-state index contributed by atoms with van der Waals surface area (Å²) >= 11 is 0. The van der Waals surface area contributed by atoms with Gasteiger partial charge in [0.15, 0.2) is 0 Å². The van der Waals surface area contributed by atoms with Crippen LogP contribution in [-0.2, 0) is 11.2 Å². The molecule has 0 N–H and O–H groups in total. The Hall–Kier alpha value is -2.20. The van der Waals surface area contributed by atoms with E-state index in [4.69, 9.17) is 4.74 Å². The fourth-order valence-corrected chi connectivity index (χ4v) is 2.83. The number of nitrogens with zero attached hydrogens (tertiary/aromatic N) is 2. The van der Waals surface area contributed by atoms with Crippen LogP contribution in [0.5, 0.6) is 0 Å². The zero-order valence-corrected chi connectivity index (χ0v) is 13.4. The lowest BCUT2D eigenvalue weighted by Crippen LogP contribution is -2.45. The van der Waals surface area contributed by atoms with Gasteiger partial charge >= 0.3 is 0 Å². The minimum Gasteiger partial charge on any atom is -0.375 e. The second kappa shape index (κ2) is 7.38. The second-order valence-electron chi connectivity index (χ2n) is 5.96. The summed E-state index contributed by atoms with van der Waals surface area (Å²) in [6, 6.07) is 14.1. The number of rotatable bonds is 4. The maximum atomic E-state index is 12.6. The lowest BCUT2D eigenvalue weighted by atomic mass is 10.1. The fourth-order valence-electron chi connectivity index (χ4n) is 2.83. The van der Waals surface area contributed by atoms with Crippen LogP contribution < -0.4 is 0 Å². The summed E-state index contributed by atoms with van der Waals surface area (Å²) in [4.78, 5) is 18.7. The molecule has 0 unspecified atom stereocenters. The third kappa shape index (κ3) is 4.17. The first-order valence-electron chi connectivity index (χ1n) is 8.10. The number of aryl methyl sites for hydroxylation is 2. The average molecular weight is 310 g/mol. The molecule has 0 bridgehead atoms. The van der Waals surface area contributed by atoms with Crippen LogP contribution in [-0.4, -0.2) is 41.6 Å². The number of hydrogen-bond donors (Lipinski definition) is 0. The van der Waals surface area contributed by atoms with E-state index in [1.807, 2.05) is 30.0 Å². The number of aromatic nitrogens is 1. The summed E-state index contributed by atoms with van der Waals surface area (Å²) in [6.45, 7) is 3.82. The molecule has 1 aliphatic rings. The van der Waals surface area contributed by atoms with Crippen LogP contribution in [0.2, 0.25) is 0 Å². The van der Waals surface area contributed by atoms with Gasteiger partial charge in [-0.3, -0.25) is 9.78 Å². The van der Waals surface area contributed by atoms with Crippen LogP contribution in [0.3, 0.4) is 0 Å². The van der Waals surface area contributed by atoms with Crippen molar-refractivity contribution < 1.29 is 9.53 Å². The summed E-state index contributed by atoms with van der Waals surface area (Å²) in [5.74, 6) is 0.0468. The molecule has 1 saturated heterocycles. The summed E-state index contributed by atoms with van der Waals surface area (Å²) in [5.41, 5.74) is 2.88. The summed E-state index contributed by atoms with van der Waals surface area (Å²) in [7, 11) is 0. The molecule has 0 aliphatic carbocycles. The normalized spacial score (nSPS) is 18.0. The van der Waals surface area contributed by atoms with Gasteiger partial charge in [-0.1, -0.05) is 30.3 Å². The van der Waals surface area contributed by atoms with E-state index in [1.165, 1.54) is 5.56 Å². The third-order valence-electron chi connectivity index (χ3n) is 4.18. The van der Waals surface area contributed by atoms with Crippen molar-refractivity contribution in [3.8, 4) is 0 Å². The predicted molar refractivity (Wildman–Crippen MR) is 89.4 cm³/mol. The van der Waals surface area contributed by atoms with Crippen molar-refractivity contribution in [3.05, 3.63) is 65.5 Å². The van der Waals surface area contributed by atoms with Crippen molar-refractivity contribution in [2.45, 2.75) is 25.9 Å². The first-order valence-corrected chi connectivity index (χ1v) is 8.10. The SMILES string of the molecule is Cc1ccc(C(=O)N2CCO[C@@H](CCc3ccccc3)C2)cn1. The number of carbonyl (C=O) groups is 1. The van der Waals surface area contributed by atoms with E-state index >= 15 is 0 Å². The monoisotopic (exact) mass is 310 g/mol. The minimum atomic E-state index is 0.0468. The highest BCUT2D eigenvalue weighted by molar-refractivity contribution is 5.94. The maximum absolute atomic E-state index is 12.6. The Kier molecular flexibility index (Phi) is 5.03. The Morgan fingerprint density at radius 2 is 2.09 bits per heavy atom. The largest absolute Gasteiger partial charge is 0.375 e. The first kappa shape index (κ1) is 15.7. The van der Waals surface area contributed by atoms with Crippen molar-refractivity contribution in [2.75, 3.05) is 19.7 Å². The Morgan fingerprint density at radius 3 is 2.83 bits per heavy atom. The number of amides is 1. The molecular formula is C19H22N2O2. The standard InChI is InChI=1S/C19H22N2O2/c1-15-7-9-17(13-20-15)19(22)21-11-12-23-18(14-21)10-8-16-5-3-2-4-6-16/h2-7,9,13,18H,8,10-12,14H2,1H3/t18-/m0/s1. The quantitative estimate of drug-likeness (QED) is 0.872. The van der Waals surface area contributed by atoms with Gasteiger partial charge in [0, 0.05) is 25.0 Å². The highest BCUT2D eigenvalue weighted by atomic mass is 16.5. The molecule has 1 amide bonds. The van der Waals surface area contributed by atoms with Gasteiger partial charge in [0.25, 0.3) is 5.91 Å². The van der Waals surface area contributed by atoms with Crippen LogP contribution in [0.15, 0.2) is 48.7 Å². The lowest BCUT2D eigenvalue weighted by molar-refractivity contribution is -0.0246. The molecular weight excluding hydrogens is 288 g/mol. The molecule has 0 saturated carbocycles. The van der Waals surface area contributed by atoms with Crippen LogP contribution in [0.25, 0.3) is 0 Å². The van der Waals surface area contributed by atoms with E-state index in [1.54, 1.807) is 6.20 Å². The second-order valence-corrected chi connectivity index (χ2v) is 5.96. The van der Waals surface area contributed by atoms with Gasteiger partial charge in [-0.05, 0) is 37.5 Å². The molecule has 1 aliphatic heterocycles. The van der Waals surface area contributed by atoms with Gasteiger partial charge < -0.3 is 9.64 Å². The Morgan fingerprint density at radius 1 is 1.26 bits per heavy atom. The molecule has 2 aromatic rings. The molecule has 1 fully saturated rings. The number of pyridine rings is 1. The zero-order chi connectivity index (χ0) is 16.1. The number of benzene rings is 1. The highest BCUT2D eigenvalue weighted by Crippen LogP contribution is 2.15. The Balaban J connectivity index is 1.57. The summed E-state index contributed by atoms with van der Waals surface area (Å²) in [5, 5.41) is 0. The molecule has 120 valence electrons. The predicted octanol–water partition coefficient (Wildman–Crippen LogP) is 2.86. The van der Waals surface area contributed by atoms with Crippen molar-refractivity contribution >= 4 is 5.91 Å². The summed E-state index contributed by atoms with van der Waals surface area (Å²) < 4.78 is 5.83. The number of hydrogen-bond acceptors (Lipinski definition) is 3. The van der Waals surface area contributed by atoms with E-state index in [-0.39, 0.29) is 12.0 Å². The van der Waals surface area contributed by atoms with Crippen molar-refractivity contribution in [1.82, 2.24) is 9.88 Å². The van der Waals surface area contributed by atoms with E-state index in [2.05, 4.69) is 29.2 Å². The van der Waals surface area contributed by atoms with Gasteiger partial charge in [-0.15, -0.1) is 0 Å². The van der Waals surface area contributed by atoms with E-state index in [0.29, 0.717) is 25.3 Å². The summed E-state index contributed by atoms with van der Waals surface area (Å²) in [6.07, 6.45) is 3.66. The Labute approximate surface area is 137 Å². The number of ether oxygens (including phenoxy) is 1. The van der Waals surface area contributed by atoms with Crippen LogP contribution in [0.4, 0.5) is 0 Å². The van der Waals surface area contributed by atoms with Crippen LogP contribution in [0, 0.1) is 6.92 Å². The van der Waals surface area contributed by atoms with Crippen molar-refractivity contribution in [1.29, 1.82) is 0 Å². The minimum absolute atomic E-state index is 0.0468. The molecule has 1 aromatic heterocycles. The maximum Gasteiger partial charge on any atom is 0.255 e. The molecule has 23 heavy (non-hydrogen) atoms. The van der Waals surface area contributed by atoms with E-state index in [9.17, 15) is 4.79 Å². The van der Waals surface area contributed by atoms with Crippen molar-refractivity contribution in [2.24, 2.45) is 0 Å². The zero-order valence-electron chi connectivity index (χ0n) is 13.4. The number of carbonyl (C=O) groups excluding carboxylic acids is 1. The Bertz CT molecular complexity index is 640. The van der Waals surface area contributed by atoms with Gasteiger partial charge in [-0.25, -0.2) is 0 Å². The topological polar surface area (TPSA) is 42.4 Å². The molecule has 1 aromatic carbocycles. The van der Waals surface area contributed by atoms with Gasteiger partial charge in [0.2, 0.25) is 0 Å². The molecule has 3 rings (SSSR count). The molecule has 4 heteroatoms.